The second kappa shape index (κ2) is 2.25. The van der Waals surface area contributed by atoms with Crippen LogP contribution in [-0.2, 0) is 5.41 Å². The lowest BCUT2D eigenvalue weighted by Crippen LogP contribution is -2.19. The molecule has 63 valence electrons. The van der Waals surface area contributed by atoms with Crippen LogP contribution < -0.4 is 5.32 Å². The summed E-state index contributed by atoms with van der Waals surface area (Å²) in [6.07, 6.45) is 0. The van der Waals surface area contributed by atoms with E-state index in [-0.39, 0.29) is 5.41 Å². The predicted molar refractivity (Wildman–Crippen MR) is 52.4 cm³/mol. The number of nitrogens with one attached hydrogen (secondary N) is 1. The number of benzene rings is 1. The first-order valence-electron chi connectivity index (χ1n) is 4.30. The number of anilines is 1. The maximum absolute atomic E-state index is 4.05. The SMILES string of the molecule is [CH2]c1cccc2c1C(C)(C)CN2. The smallest absolute Gasteiger partial charge is 0.0381 e. The van der Waals surface area contributed by atoms with Crippen LogP contribution in [0.3, 0.4) is 0 Å². The molecule has 1 nitrogen and oxygen atoms in total. The van der Waals surface area contributed by atoms with E-state index in [1.807, 2.05) is 0 Å². The molecule has 0 fully saturated rings. The van der Waals surface area contributed by atoms with Crippen molar-refractivity contribution in [1.29, 1.82) is 0 Å². The second-order valence-electron chi connectivity index (χ2n) is 4.08. The molecule has 12 heavy (non-hydrogen) atoms. The zero-order valence-electron chi connectivity index (χ0n) is 7.65. The highest BCUT2D eigenvalue weighted by molar-refractivity contribution is 5.63. The van der Waals surface area contributed by atoms with Gasteiger partial charge in [0.25, 0.3) is 0 Å². The van der Waals surface area contributed by atoms with Gasteiger partial charge >= 0.3 is 0 Å². The van der Waals surface area contributed by atoms with Crippen molar-refractivity contribution in [3.05, 3.63) is 36.2 Å². The Balaban J connectivity index is 2.64. The van der Waals surface area contributed by atoms with Gasteiger partial charge in [0.15, 0.2) is 0 Å². The molecule has 0 bridgehead atoms. The molecule has 0 amide bonds. The summed E-state index contributed by atoms with van der Waals surface area (Å²) in [7, 11) is 0. The standard InChI is InChI=1S/C11H14N/c1-8-5-4-6-9-10(8)11(2,3)7-12-9/h4-6,12H,1,7H2,2-3H3. The molecule has 1 aliphatic rings. The fraction of sp³-hybridized carbons (Fsp3) is 0.364. The summed E-state index contributed by atoms with van der Waals surface area (Å²) in [5, 5.41) is 3.39. The maximum Gasteiger partial charge on any atom is 0.0381 e. The molecule has 1 heterocycles. The van der Waals surface area contributed by atoms with Crippen LogP contribution in [0.15, 0.2) is 18.2 Å². The van der Waals surface area contributed by atoms with E-state index in [2.05, 4.69) is 44.3 Å². The summed E-state index contributed by atoms with van der Waals surface area (Å²) in [5.41, 5.74) is 4.04. The van der Waals surface area contributed by atoms with Gasteiger partial charge in [0.1, 0.15) is 0 Å². The molecule has 0 saturated heterocycles. The van der Waals surface area contributed by atoms with E-state index in [1.165, 1.54) is 11.3 Å². The van der Waals surface area contributed by atoms with Crippen LogP contribution >= 0.6 is 0 Å². The van der Waals surface area contributed by atoms with E-state index < -0.39 is 0 Å². The van der Waals surface area contributed by atoms with E-state index in [0.717, 1.165) is 12.1 Å². The highest BCUT2D eigenvalue weighted by Gasteiger charge is 2.30. The summed E-state index contributed by atoms with van der Waals surface area (Å²) in [4.78, 5) is 0. The Morgan fingerprint density at radius 2 is 2.17 bits per heavy atom. The molecule has 0 atom stereocenters. The highest BCUT2D eigenvalue weighted by atomic mass is 14.9. The Bertz CT molecular complexity index is 313. The van der Waals surface area contributed by atoms with Gasteiger partial charge in [0.05, 0.1) is 0 Å². The van der Waals surface area contributed by atoms with E-state index in [0.29, 0.717) is 0 Å². The van der Waals surface area contributed by atoms with E-state index in [9.17, 15) is 0 Å². The summed E-state index contributed by atoms with van der Waals surface area (Å²) >= 11 is 0. The third-order valence-corrected chi connectivity index (χ3v) is 2.55. The van der Waals surface area contributed by atoms with Crippen molar-refractivity contribution in [3.63, 3.8) is 0 Å². The zero-order valence-corrected chi connectivity index (χ0v) is 7.65. The lowest BCUT2D eigenvalue weighted by molar-refractivity contribution is 0.584. The molecule has 1 N–H and O–H groups in total. The Kier molecular flexibility index (Phi) is 1.44. The average Bonchev–Trinajstić information content (AvgIpc) is 2.29. The second-order valence-corrected chi connectivity index (χ2v) is 4.08. The van der Waals surface area contributed by atoms with Crippen LogP contribution in [0.5, 0.6) is 0 Å². The monoisotopic (exact) mass is 160 g/mol. The third kappa shape index (κ3) is 0.927. The molecule has 1 heteroatoms. The Labute approximate surface area is 73.8 Å². The molecule has 0 spiro atoms. The summed E-state index contributed by atoms with van der Waals surface area (Å²) < 4.78 is 0. The van der Waals surface area contributed by atoms with Gasteiger partial charge in [-0.25, -0.2) is 0 Å². The van der Waals surface area contributed by atoms with Gasteiger partial charge in [-0.05, 0) is 24.1 Å². The van der Waals surface area contributed by atoms with Gasteiger partial charge in [-0.2, -0.15) is 0 Å². The molecule has 2 rings (SSSR count). The van der Waals surface area contributed by atoms with Gasteiger partial charge in [0, 0.05) is 17.6 Å². The average molecular weight is 160 g/mol. The molecule has 1 aromatic rings. The maximum atomic E-state index is 4.05. The first-order chi connectivity index (χ1) is 5.61. The lowest BCUT2D eigenvalue weighted by Gasteiger charge is -2.18. The number of fused-ring (bicyclic) bond motifs is 1. The Hall–Kier alpha value is -0.980. The number of hydrogen-bond donors (Lipinski definition) is 1. The van der Waals surface area contributed by atoms with Gasteiger partial charge in [-0.1, -0.05) is 26.0 Å². The van der Waals surface area contributed by atoms with Gasteiger partial charge in [-0.3, -0.25) is 0 Å². The summed E-state index contributed by atoms with van der Waals surface area (Å²) in [5.74, 6) is 0. The van der Waals surface area contributed by atoms with Crippen molar-refractivity contribution in [3.8, 4) is 0 Å². The van der Waals surface area contributed by atoms with Crippen molar-refractivity contribution < 1.29 is 0 Å². The normalized spacial score (nSPS) is 18.6. The molecular formula is C11H14N. The first kappa shape index (κ1) is 7.66. The largest absolute Gasteiger partial charge is 0.384 e. The van der Waals surface area contributed by atoms with Gasteiger partial charge in [-0.15, -0.1) is 0 Å². The summed E-state index contributed by atoms with van der Waals surface area (Å²) in [6.45, 7) is 9.57. The van der Waals surface area contributed by atoms with Gasteiger partial charge in [0.2, 0.25) is 0 Å². The van der Waals surface area contributed by atoms with Crippen molar-refractivity contribution in [2.75, 3.05) is 11.9 Å². The molecular weight excluding hydrogens is 146 g/mol. The third-order valence-electron chi connectivity index (χ3n) is 2.55. The van der Waals surface area contributed by atoms with Crippen molar-refractivity contribution in [2.24, 2.45) is 0 Å². The van der Waals surface area contributed by atoms with Gasteiger partial charge < -0.3 is 5.32 Å². The molecule has 1 aromatic carbocycles. The van der Waals surface area contributed by atoms with E-state index in [1.54, 1.807) is 0 Å². The Morgan fingerprint density at radius 3 is 2.83 bits per heavy atom. The predicted octanol–water partition coefficient (Wildman–Crippen LogP) is 2.57. The number of rotatable bonds is 0. The first-order valence-corrected chi connectivity index (χ1v) is 4.30. The van der Waals surface area contributed by atoms with Crippen LogP contribution in [-0.4, -0.2) is 6.54 Å². The molecule has 0 saturated carbocycles. The van der Waals surface area contributed by atoms with Crippen LogP contribution in [0.25, 0.3) is 0 Å². The topological polar surface area (TPSA) is 12.0 Å². The zero-order chi connectivity index (χ0) is 8.77. The quantitative estimate of drug-likeness (QED) is 0.615. The molecule has 1 radical (unpaired) electrons. The minimum Gasteiger partial charge on any atom is -0.384 e. The Morgan fingerprint density at radius 1 is 1.42 bits per heavy atom. The fourth-order valence-electron chi connectivity index (χ4n) is 1.95. The molecule has 0 aliphatic carbocycles. The van der Waals surface area contributed by atoms with Crippen LogP contribution in [0.1, 0.15) is 25.0 Å². The van der Waals surface area contributed by atoms with E-state index >= 15 is 0 Å². The van der Waals surface area contributed by atoms with Crippen LogP contribution in [0.4, 0.5) is 5.69 Å². The number of hydrogen-bond acceptors (Lipinski definition) is 1. The van der Waals surface area contributed by atoms with E-state index in [4.69, 9.17) is 0 Å². The van der Waals surface area contributed by atoms with Crippen LogP contribution in [0.2, 0.25) is 0 Å². The van der Waals surface area contributed by atoms with Crippen LogP contribution in [0, 0.1) is 6.92 Å². The molecule has 1 aliphatic heterocycles. The molecule has 0 aromatic heterocycles. The highest BCUT2D eigenvalue weighted by Crippen LogP contribution is 2.37. The van der Waals surface area contributed by atoms with Crippen molar-refractivity contribution in [1.82, 2.24) is 0 Å². The minimum absolute atomic E-state index is 0.244. The van der Waals surface area contributed by atoms with Crippen molar-refractivity contribution >= 4 is 5.69 Å². The fourth-order valence-corrected chi connectivity index (χ4v) is 1.95. The minimum atomic E-state index is 0.244. The lowest BCUT2D eigenvalue weighted by atomic mass is 9.84. The van der Waals surface area contributed by atoms with Crippen molar-refractivity contribution in [2.45, 2.75) is 19.3 Å². The molecule has 0 unspecified atom stereocenters. The summed E-state index contributed by atoms with van der Waals surface area (Å²) in [6, 6.07) is 6.25.